The van der Waals surface area contributed by atoms with E-state index >= 15 is 0 Å². The fourth-order valence-corrected chi connectivity index (χ4v) is 1.85. The molecule has 0 radical (unpaired) electrons. The van der Waals surface area contributed by atoms with Crippen LogP contribution in [0, 0.1) is 0 Å². The molecular formula is C12H14ClN5O. The Morgan fingerprint density at radius 1 is 1.47 bits per heavy atom. The lowest BCUT2D eigenvalue weighted by molar-refractivity contribution is 0.0925. The highest BCUT2D eigenvalue weighted by atomic mass is 35.5. The molecule has 6 nitrogen and oxygen atoms in total. The van der Waals surface area contributed by atoms with E-state index in [9.17, 15) is 4.79 Å². The van der Waals surface area contributed by atoms with Crippen molar-refractivity contribution >= 4 is 23.5 Å². The standard InChI is InChI=1S/C12H14ClN5O/c1-2-9(7-3-5-8(13)6-4-7)15-11(19)10-16-12(14)18-17-10/h3-6,9H,2H2,1H3,(H,15,19)(H3,14,16,17,18). The lowest BCUT2D eigenvalue weighted by atomic mass is 10.0. The first-order valence-electron chi connectivity index (χ1n) is 5.84. The Labute approximate surface area is 115 Å². The van der Waals surface area contributed by atoms with Crippen LogP contribution in [0.2, 0.25) is 5.02 Å². The van der Waals surface area contributed by atoms with Crippen molar-refractivity contribution < 1.29 is 4.79 Å². The van der Waals surface area contributed by atoms with E-state index in [0.29, 0.717) is 5.02 Å². The van der Waals surface area contributed by atoms with Crippen LogP contribution < -0.4 is 11.1 Å². The fourth-order valence-electron chi connectivity index (χ4n) is 1.72. The van der Waals surface area contributed by atoms with Gasteiger partial charge in [0.25, 0.3) is 5.91 Å². The van der Waals surface area contributed by atoms with Gasteiger partial charge in [-0.3, -0.25) is 9.89 Å². The number of nitrogens with two attached hydrogens (primary N) is 1. The Morgan fingerprint density at radius 3 is 2.68 bits per heavy atom. The normalized spacial score (nSPS) is 12.1. The van der Waals surface area contributed by atoms with Gasteiger partial charge >= 0.3 is 0 Å². The molecule has 19 heavy (non-hydrogen) atoms. The highest BCUT2D eigenvalue weighted by molar-refractivity contribution is 6.30. The first-order valence-corrected chi connectivity index (χ1v) is 6.22. The van der Waals surface area contributed by atoms with Gasteiger partial charge in [0, 0.05) is 5.02 Å². The van der Waals surface area contributed by atoms with E-state index in [0.717, 1.165) is 12.0 Å². The second-order valence-electron chi connectivity index (χ2n) is 4.03. The predicted octanol–water partition coefficient (Wildman–Crippen LogP) is 1.92. The van der Waals surface area contributed by atoms with E-state index in [1.165, 1.54) is 0 Å². The Hall–Kier alpha value is -2.08. The lowest BCUT2D eigenvalue weighted by Crippen LogP contribution is -2.29. The minimum absolute atomic E-state index is 0.0460. The van der Waals surface area contributed by atoms with Gasteiger partial charge < -0.3 is 11.1 Å². The second-order valence-corrected chi connectivity index (χ2v) is 4.46. The van der Waals surface area contributed by atoms with Crippen molar-refractivity contribution in [3.8, 4) is 0 Å². The summed E-state index contributed by atoms with van der Waals surface area (Å²) >= 11 is 5.84. The summed E-state index contributed by atoms with van der Waals surface area (Å²) in [5.41, 5.74) is 6.34. The topological polar surface area (TPSA) is 96.7 Å². The molecule has 1 amide bonds. The molecular weight excluding hydrogens is 266 g/mol. The minimum atomic E-state index is -0.342. The van der Waals surface area contributed by atoms with Crippen molar-refractivity contribution in [2.75, 3.05) is 5.73 Å². The number of benzene rings is 1. The molecule has 1 aromatic carbocycles. The first-order chi connectivity index (χ1) is 9.10. The first kappa shape index (κ1) is 13.4. The SMILES string of the molecule is CCC(NC(=O)c1nc(N)n[nH]1)c1ccc(Cl)cc1. The third-order valence-corrected chi connectivity index (χ3v) is 2.96. The molecule has 0 aliphatic heterocycles. The van der Waals surface area contributed by atoms with Crippen LogP contribution in [0.15, 0.2) is 24.3 Å². The van der Waals surface area contributed by atoms with Gasteiger partial charge in [-0.25, -0.2) is 0 Å². The van der Waals surface area contributed by atoms with Crippen LogP contribution in [-0.4, -0.2) is 21.1 Å². The zero-order valence-electron chi connectivity index (χ0n) is 10.4. The number of aromatic amines is 1. The van der Waals surface area contributed by atoms with Crippen molar-refractivity contribution in [3.05, 3.63) is 40.7 Å². The number of carbonyl (C=O) groups is 1. The summed E-state index contributed by atoms with van der Waals surface area (Å²) in [6.45, 7) is 1.98. The van der Waals surface area contributed by atoms with Crippen molar-refractivity contribution in [1.82, 2.24) is 20.5 Å². The fraction of sp³-hybridized carbons (Fsp3) is 0.250. The Bertz CT molecular complexity index is 566. The number of aromatic nitrogens is 3. The van der Waals surface area contributed by atoms with Gasteiger partial charge in [0.15, 0.2) is 0 Å². The number of nitrogens with one attached hydrogen (secondary N) is 2. The monoisotopic (exact) mass is 279 g/mol. The third-order valence-electron chi connectivity index (χ3n) is 2.70. The van der Waals surface area contributed by atoms with E-state index in [4.69, 9.17) is 17.3 Å². The maximum absolute atomic E-state index is 11.9. The number of hydrogen-bond donors (Lipinski definition) is 3. The number of hydrogen-bond acceptors (Lipinski definition) is 4. The number of halogens is 1. The van der Waals surface area contributed by atoms with Gasteiger partial charge in [0.05, 0.1) is 6.04 Å². The highest BCUT2D eigenvalue weighted by Crippen LogP contribution is 2.19. The maximum Gasteiger partial charge on any atom is 0.289 e. The molecule has 0 saturated carbocycles. The Kier molecular flexibility index (Phi) is 4.01. The average molecular weight is 280 g/mol. The summed E-state index contributed by atoms with van der Waals surface area (Å²) in [5.74, 6) is -0.194. The molecule has 1 unspecified atom stereocenters. The van der Waals surface area contributed by atoms with Crippen molar-refractivity contribution in [3.63, 3.8) is 0 Å². The van der Waals surface area contributed by atoms with E-state index in [1.807, 2.05) is 19.1 Å². The van der Waals surface area contributed by atoms with E-state index in [1.54, 1.807) is 12.1 Å². The molecule has 2 aromatic rings. The summed E-state index contributed by atoms with van der Waals surface area (Å²) in [4.78, 5) is 15.7. The molecule has 0 aliphatic rings. The molecule has 1 aromatic heterocycles. The number of anilines is 1. The molecule has 0 spiro atoms. The van der Waals surface area contributed by atoms with Crippen LogP contribution in [0.3, 0.4) is 0 Å². The molecule has 1 atom stereocenters. The van der Waals surface area contributed by atoms with Crippen LogP contribution in [0.4, 0.5) is 5.95 Å². The van der Waals surface area contributed by atoms with E-state index < -0.39 is 0 Å². The van der Waals surface area contributed by atoms with Crippen LogP contribution in [0.1, 0.15) is 35.6 Å². The average Bonchev–Trinajstić information content (AvgIpc) is 2.84. The molecule has 0 bridgehead atoms. The summed E-state index contributed by atoms with van der Waals surface area (Å²) in [6.07, 6.45) is 0.747. The smallest absolute Gasteiger partial charge is 0.289 e. The summed E-state index contributed by atoms with van der Waals surface area (Å²) in [6, 6.07) is 7.23. The zero-order valence-corrected chi connectivity index (χ0v) is 11.1. The molecule has 0 aliphatic carbocycles. The molecule has 1 heterocycles. The van der Waals surface area contributed by atoms with Crippen LogP contribution in [0.5, 0.6) is 0 Å². The number of H-pyrrole nitrogens is 1. The Morgan fingerprint density at radius 2 is 2.16 bits per heavy atom. The highest BCUT2D eigenvalue weighted by Gasteiger charge is 2.16. The van der Waals surface area contributed by atoms with Crippen molar-refractivity contribution in [2.24, 2.45) is 0 Å². The van der Waals surface area contributed by atoms with Gasteiger partial charge in [-0.1, -0.05) is 30.7 Å². The summed E-state index contributed by atoms with van der Waals surface area (Å²) < 4.78 is 0. The molecule has 0 fully saturated rings. The molecule has 100 valence electrons. The minimum Gasteiger partial charge on any atom is -0.366 e. The van der Waals surface area contributed by atoms with Crippen LogP contribution >= 0.6 is 11.6 Å². The van der Waals surface area contributed by atoms with Crippen LogP contribution in [0.25, 0.3) is 0 Å². The predicted molar refractivity (Wildman–Crippen MR) is 72.7 cm³/mol. The van der Waals surface area contributed by atoms with Gasteiger partial charge in [0.1, 0.15) is 0 Å². The number of amides is 1. The third kappa shape index (κ3) is 3.23. The van der Waals surface area contributed by atoms with Crippen molar-refractivity contribution in [1.29, 1.82) is 0 Å². The molecule has 0 saturated heterocycles. The number of rotatable bonds is 4. The molecule has 7 heteroatoms. The van der Waals surface area contributed by atoms with Gasteiger partial charge in [-0.15, -0.1) is 5.10 Å². The number of nitrogens with zero attached hydrogens (tertiary/aromatic N) is 2. The second kappa shape index (κ2) is 5.71. The van der Waals surface area contributed by atoms with Crippen LogP contribution in [-0.2, 0) is 0 Å². The van der Waals surface area contributed by atoms with Gasteiger partial charge in [-0.2, -0.15) is 4.98 Å². The van der Waals surface area contributed by atoms with Gasteiger partial charge in [0.2, 0.25) is 11.8 Å². The van der Waals surface area contributed by atoms with E-state index in [-0.39, 0.29) is 23.7 Å². The largest absolute Gasteiger partial charge is 0.366 e. The quantitative estimate of drug-likeness (QED) is 0.796. The summed E-state index contributed by atoms with van der Waals surface area (Å²) in [5, 5.41) is 9.62. The maximum atomic E-state index is 11.9. The molecule has 4 N–H and O–H groups in total. The number of carbonyl (C=O) groups excluding carboxylic acids is 1. The number of nitrogen functional groups attached to an aromatic ring is 1. The van der Waals surface area contributed by atoms with Gasteiger partial charge in [-0.05, 0) is 24.1 Å². The molecule has 2 rings (SSSR count). The van der Waals surface area contributed by atoms with E-state index in [2.05, 4.69) is 20.5 Å². The Balaban J connectivity index is 2.11. The zero-order chi connectivity index (χ0) is 13.8. The van der Waals surface area contributed by atoms with Crippen molar-refractivity contribution in [2.45, 2.75) is 19.4 Å². The summed E-state index contributed by atoms with van der Waals surface area (Å²) in [7, 11) is 0. The lowest BCUT2D eigenvalue weighted by Gasteiger charge is -2.16.